The summed E-state index contributed by atoms with van der Waals surface area (Å²) < 4.78 is 5.20. The lowest BCUT2D eigenvalue weighted by atomic mass is 9.99. The van der Waals surface area contributed by atoms with Gasteiger partial charge in [-0.25, -0.2) is 0 Å². The molecule has 0 radical (unpaired) electrons. The van der Waals surface area contributed by atoms with E-state index in [-0.39, 0.29) is 11.5 Å². The molecule has 0 amide bonds. The lowest BCUT2D eigenvalue weighted by molar-refractivity contribution is 0.101. The predicted octanol–water partition coefficient (Wildman–Crippen LogP) is 2.90. The van der Waals surface area contributed by atoms with Crippen molar-refractivity contribution in [1.29, 1.82) is 0 Å². The average Bonchev–Trinajstić information content (AvgIpc) is 2.64. The van der Waals surface area contributed by atoms with Gasteiger partial charge < -0.3 is 9.52 Å². The molecule has 2 aromatic rings. The number of aromatic hydroxyl groups is 1. The van der Waals surface area contributed by atoms with Gasteiger partial charge in [-0.2, -0.15) is 0 Å². The minimum atomic E-state index is -0.118. The largest absolute Gasteiger partial charge is 0.506 e. The first kappa shape index (κ1) is 9.77. The zero-order valence-corrected chi connectivity index (χ0v) is 8.70. The Morgan fingerprint density at radius 1 is 1.53 bits per heavy atom. The molecule has 3 nitrogen and oxygen atoms in total. The maximum atomic E-state index is 11.4. The van der Waals surface area contributed by atoms with Crippen LogP contribution >= 0.6 is 0 Å². The molecule has 1 aromatic heterocycles. The molecule has 0 atom stereocenters. The second-order valence-corrected chi connectivity index (χ2v) is 3.50. The van der Waals surface area contributed by atoms with E-state index >= 15 is 0 Å². The molecule has 0 saturated heterocycles. The average molecular weight is 204 g/mol. The molecular formula is C12H12O3. The number of phenolic OH excluding ortho intramolecular Hbond substituents is 1. The monoisotopic (exact) mass is 204 g/mol. The minimum absolute atomic E-state index is 0.0330. The fourth-order valence-electron chi connectivity index (χ4n) is 1.82. The summed E-state index contributed by atoms with van der Waals surface area (Å²) in [5, 5.41) is 10.5. The van der Waals surface area contributed by atoms with Crippen molar-refractivity contribution < 1.29 is 14.3 Å². The number of Topliss-reactive ketones (excluding diaryl/α,β-unsaturated/α-hetero) is 1. The van der Waals surface area contributed by atoms with Crippen LogP contribution in [0.4, 0.5) is 0 Å². The van der Waals surface area contributed by atoms with Crippen LogP contribution in [0.3, 0.4) is 0 Å². The topological polar surface area (TPSA) is 50.4 Å². The molecule has 0 aliphatic rings. The highest BCUT2D eigenvalue weighted by molar-refractivity contribution is 6.04. The van der Waals surface area contributed by atoms with Gasteiger partial charge in [-0.3, -0.25) is 4.79 Å². The van der Waals surface area contributed by atoms with Gasteiger partial charge in [0.05, 0.1) is 17.2 Å². The van der Waals surface area contributed by atoms with Crippen LogP contribution in [-0.4, -0.2) is 10.9 Å². The van der Waals surface area contributed by atoms with Gasteiger partial charge in [0.15, 0.2) is 5.78 Å². The maximum absolute atomic E-state index is 11.4. The Labute approximate surface area is 87.3 Å². The van der Waals surface area contributed by atoms with Gasteiger partial charge >= 0.3 is 0 Å². The first-order valence-corrected chi connectivity index (χ1v) is 4.88. The first-order valence-electron chi connectivity index (χ1n) is 4.88. The van der Waals surface area contributed by atoms with Crippen molar-refractivity contribution in [2.75, 3.05) is 0 Å². The number of rotatable bonds is 2. The summed E-state index contributed by atoms with van der Waals surface area (Å²) in [6.45, 7) is 3.40. The standard InChI is InChI=1S/C12H12O3/c1-3-8-6-10-9(4-5-15-10)12(14)11(8)7(2)13/h4-6,14H,3H2,1-2H3. The fraction of sp³-hybridized carbons (Fsp3) is 0.250. The summed E-state index contributed by atoms with van der Waals surface area (Å²) >= 11 is 0. The van der Waals surface area contributed by atoms with Crippen molar-refractivity contribution in [3.05, 3.63) is 29.5 Å². The number of carbonyl (C=O) groups excluding carboxylic acids is 1. The van der Waals surface area contributed by atoms with E-state index in [2.05, 4.69) is 0 Å². The van der Waals surface area contributed by atoms with E-state index in [0.29, 0.717) is 23.0 Å². The second kappa shape index (κ2) is 3.42. The third-order valence-corrected chi connectivity index (χ3v) is 2.55. The number of hydrogen-bond donors (Lipinski definition) is 1. The number of hydrogen-bond acceptors (Lipinski definition) is 3. The first-order chi connectivity index (χ1) is 7.15. The Morgan fingerprint density at radius 3 is 2.87 bits per heavy atom. The lowest BCUT2D eigenvalue weighted by Crippen LogP contribution is -1.99. The Bertz CT molecular complexity index is 523. The molecule has 0 aliphatic carbocycles. The van der Waals surface area contributed by atoms with Gasteiger partial charge in [-0.1, -0.05) is 6.92 Å². The fourth-order valence-corrected chi connectivity index (χ4v) is 1.82. The molecule has 78 valence electrons. The van der Waals surface area contributed by atoms with Crippen molar-refractivity contribution >= 4 is 16.8 Å². The minimum Gasteiger partial charge on any atom is -0.506 e. The van der Waals surface area contributed by atoms with Gasteiger partial charge in [0, 0.05) is 0 Å². The van der Waals surface area contributed by atoms with E-state index < -0.39 is 0 Å². The van der Waals surface area contributed by atoms with Gasteiger partial charge in [0.25, 0.3) is 0 Å². The van der Waals surface area contributed by atoms with E-state index in [9.17, 15) is 9.90 Å². The Hall–Kier alpha value is -1.77. The predicted molar refractivity (Wildman–Crippen MR) is 57.3 cm³/mol. The quantitative estimate of drug-likeness (QED) is 0.765. The van der Waals surface area contributed by atoms with E-state index in [1.54, 1.807) is 6.07 Å². The molecule has 1 heterocycles. The van der Waals surface area contributed by atoms with E-state index in [1.807, 2.05) is 13.0 Å². The number of carbonyl (C=O) groups is 1. The molecular weight excluding hydrogens is 192 g/mol. The van der Waals surface area contributed by atoms with Crippen LogP contribution in [0.25, 0.3) is 11.0 Å². The SMILES string of the molecule is CCc1cc2occc2c(O)c1C(C)=O. The summed E-state index contributed by atoms with van der Waals surface area (Å²) in [5.74, 6) is -0.0851. The zero-order chi connectivity index (χ0) is 11.0. The molecule has 0 bridgehead atoms. The highest BCUT2D eigenvalue weighted by Crippen LogP contribution is 2.33. The van der Waals surface area contributed by atoms with Crippen molar-refractivity contribution in [3.8, 4) is 5.75 Å². The molecule has 0 spiro atoms. The van der Waals surface area contributed by atoms with E-state index in [1.165, 1.54) is 13.2 Å². The van der Waals surface area contributed by atoms with Crippen molar-refractivity contribution in [3.63, 3.8) is 0 Å². The second-order valence-electron chi connectivity index (χ2n) is 3.50. The molecule has 0 fully saturated rings. The van der Waals surface area contributed by atoms with Crippen LogP contribution in [0.2, 0.25) is 0 Å². The summed E-state index contributed by atoms with van der Waals surface area (Å²) in [7, 11) is 0. The van der Waals surface area contributed by atoms with Crippen LogP contribution in [0.1, 0.15) is 29.8 Å². The van der Waals surface area contributed by atoms with Crippen LogP contribution in [0, 0.1) is 0 Å². The third-order valence-electron chi connectivity index (χ3n) is 2.55. The molecule has 0 unspecified atom stereocenters. The Morgan fingerprint density at radius 2 is 2.27 bits per heavy atom. The van der Waals surface area contributed by atoms with Crippen LogP contribution < -0.4 is 0 Å². The Kier molecular flexibility index (Phi) is 2.23. The number of fused-ring (bicyclic) bond motifs is 1. The smallest absolute Gasteiger partial charge is 0.163 e. The lowest BCUT2D eigenvalue weighted by Gasteiger charge is -2.07. The van der Waals surface area contributed by atoms with E-state index in [0.717, 1.165) is 5.56 Å². The van der Waals surface area contributed by atoms with Gasteiger partial charge in [-0.05, 0) is 31.0 Å². The van der Waals surface area contributed by atoms with E-state index in [4.69, 9.17) is 4.42 Å². The summed E-state index contributed by atoms with van der Waals surface area (Å²) in [6, 6.07) is 3.47. The molecule has 15 heavy (non-hydrogen) atoms. The van der Waals surface area contributed by atoms with Crippen molar-refractivity contribution in [2.45, 2.75) is 20.3 Å². The molecule has 0 saturated carbocycles. The third kappa shape index (κ3) is 1.40. The highest BCUT2D eigenvalue weighted by atomic mass is 16.3. The van der Waals surface area contributed by atoms with Crippen LogP contribution in [0.5, 0.6) is 5.75 Å². The molecule has 3 heteroatoms. The van der Waals surface area contributed by atoms with Gasteiger partial charge in [0.1, 0.15) is 11.3 Å². The normalized spacial score (nSPS) is 10.8. The molecule has 0 aliphatic heterocycles. The van der Waals surface area contributed by atoms with Crippen molar-refractivity contribution in [2.24, 2.45) is 0 Å². The maximum Gasteiger partial charge on any atom is 0.163 e. The number of aryl methyl sites for hydroxylation is 1. The number of phenols is 1. The number of ketones is 1. The van der Waals surface area contributed by atoms with Crippen molar-refractivity contribution in [1.82, 2.24) is 0 Å². The van der Waals surface area contributed by atoms with Crippen LogP contribution in [0.15, 0.2) is 22.8 Å². The molecule has 2 rings (SSSR count). The summed E-state index contributed by atoms with van der Waals surface area (Å²) in [4.78, 5) is 11.4. The van der Waals surface area contributed by atoms with Gasteiger partial charge in [-0.15, -0.1) is 0 Å². The van der Waals surface area contributed by atoms with Gasteiger partial charge in [0.2, 0.25) is 0 Å². The molecule has 1 N–H and O–H groups in total. The summed E-state index contributed by atoms with van der Waals surface area (Å²) in [6.07, 6.45) is 2.20. The Balaban J connectivity index is 2.85. The highest BCUT2D eigenvalue weighted by Gasteiger charge is 2.16. The number of benzene rings is 1. The van der Waals surface area contributed by atoms with Crippen LogP contribution in [-0.2, 0) is 6.42 Å². The molecule has 1 aromatic carbocycles. The zero-order valence-electron chi connectivity index (χ0n) is 8.70. The summed E-state index contributed by atoms with van der Waals surface area (Å²) in [5.41, 5.74) is 1.85. The number of furan rings is 1.